The molecule has 3 rings (SSSR count). The van der Waals surface area contributed by atoms with Gasteiger partial charge in [0.1, 0.15) is 5.75 Å². The van der Waals surface area contributed by atoms with Gasteiger partial charge >= 0.3 is 15.6 Å². The number of halogens is 3. The van der Waals surface area contributed by atoms with Gasteiger partial charge in [-0.25, -0.2) is 0 Å². The normalized spacial score (nSPS) is 11.0. The molecule has 9 heteroatoms. The fourth-order valence-electron chi connectivity index (χ4n) is 1.87. The molecular weight excluding hydrogens is 413 g/mol. The summed E-state index contributed by atoms with van der Waals surface area (Å²) in [6.07, 6.45) is 2.29. The molecule has 0 spiro atoms. The predicted molar refractivity (Wildman–Crippen MR) is 106 cm³/mol. The Morgan fingerprint density at radius 1 is 1.00 bits per heavy atom. The molecular formula is C19H21F3O4S2. The summed E-state index contributed by atoms with van der Waals surface area (Å²) in [6, 6.07) is 18.6. The summed E-state index contributed by atoms with van der Waals surface area (Å²) in [7, 11) is -5.84. The topological polar surface area (TPSA) is 63.6 Å². The molecule has 1 heterocycles. The van der Waals surface area contributed by atoms with E-state index in [2.05, 4.69) is 37.3 Å². The van der Waals surface area contributed by atoms with E-state index >= 15 is 0 Å². The van der Waals surface area contributed by atoms with Gasteiger partial charge < -0.3 is 4.74 Å². The number of unbranched alkanes of at least 4 members (excludes halogenated alkanes) is 1. The number of ether oxygens (including phenoxy) is 1. The second-order valence-electron chi connectivity index (χ2n) is 5.39. The van der Waals surface area contributed by atoms with E-state index in [0.717, 1.165) is 18.8 Å². The fraction of sp³-hybridized carbons (Fsp3) is 0.263. The Balaban J connectivity index is 0.000000252. The predicted octanol–water partition coefficient (Wildman–Crippen LogP) is 6.16. The maximum atomic E-state index is 10.7. The maximum absolute atomic E-state index is 10.7. The number of rotatable bonds is 4. The van der Waals surface area contributed by atoms with Gasteiger partial charge in [-0.05, 0) is 28.6 Å². The molecule has 2 aromatic carbocycles. The third kappa shape index (κ3) is 8.73. The number of fused-ring (bicyclic) bond motifs is 1. The minimum atomic E-state index is -5.84. The summed E-state index contributed by atoms with van der Waals surface area (Å²) in [5.41, 5.74) is -5.53. The van der Waals surface area contributed by atoms with Crippen LogP contribution in [0.15, 0.2) is 65.4 Å². The molecule has 0 amide bonds. The first-order chi connectivity index (χ1) is 13.2. The lowest BCUT2D eigenvalue weighted by atomic mass is 10.1. The van der Waals surface area contributed by atoms with Crippen molar-refractivity contribution >= 4 is 32.2 Å². The van der Waals surface area contributed by atoms with E-state index in [0.29, 0.717) is 0 Å². The summed E-state index contributed by atoms with van der Waals surface area (Å²) >= 11 is 1.71. The van der Waals surface area contributed by atoms with E-state index in [1.54, 1.807) is 11.3 Å². The zero-order chi connectivity index (χ0) is 21.0. The molecule has 1 N–H and O–H groups in total. The van der Waals surface area contributed by atoms with Crippen LogP contribution >= 0.6 is 11.3 Å². The summed E-state index contributed by atoms with van der Waals surface area (Å²) in [6.45, 7) is 2.98. The van der Waals surface area contributed by atoms with Gasteiger partial charge in [-0.3, -0.25) is 4.55 Å². The molecule has 0 saturated heterocycles. The maximum Gasteiger partial charge on any atom is 0.522 e. The molecule has 4 nitrogen and oxygen atoms in total. The highest BCUT2D eigenvalue weighted by molar-refractivity contribution is 7.86. The Labute approximate surface area is 166 Å². The van der Waals surface area contributed by atoms with E-state index in [1.165, 1.54) is 17.2 Å². The molecule has 0 radical (unpaired) electrons. The quantitative estimate of drug-likeness (QED) is 0.303. The Hall–Kier alpha value is -2.10. The van der Waals surface area contributed by atoms with Gasteiger partial charge in [-0.1, -0.05) is 61.9 Å². The first-order valence-corrected chi connectivity index (χ1v) is 10.7. The van der Waals surface area contributed by atoms with Crippen LogP contribution in [0, 0.1) is 0 Å². The van der Waals surface area contributed by atoms with Crippen LogP contribution in [0.4, 0.5) is 13.2 Å². The van der Waals surface area contributed by atoms with Crippen LogP contribution in [0.25, 0.3) is 10.8 Å². The van der Waals surface area contributed by atoms with Crippen LogP contribution < -0.4 is 4.74 Å². The van der Waals surface area contributed by atoms with Crippen molar-refractivity contribution in [3.63, 3.8) is 0 Å². The van der Waals surface area contributed by atoms with Crippen molar-refractivity contribution in [1.82, 2.24) is 0 Å². The largest absolute Gasteiger partial charge is 0.522 e. The zero-order valence-electron chi connectivity index (χ0n) is 15.1. The Morgan fingerprint density at radius 3 is 2.07 bits per heavy atom. The van der Waals surface area contributed by atoms with Gasteiger partial charge in [0.2, 0.25) is 0 Å². The van der Waals surface area contributed by atoms with Crippen LogP contribution in [0.1, 0.15) is 19.8 Å². The minimum Gasteiger partial charge on any atom is -0.493 e. The number of thiophene rings is 1. The van der Waals surface area contributed by atoms with E-state index in [4.69, 9.17) is 17.7 Å². The Bertz CT molecular complexity index is 886. The summed E-state index contributed by atoms with van der Waals surface area (Å²) in [5, 5.41) is 6.53. The lowest BCUT2D eigenvalue weighted by Gasteiger charge is -2.08. The van der Waals surface area contributed by atoms with Gasteiger partial charge in [0, 0.05) is 5.39 Å². The molecule has 0 aliphatic carbocycles. The molecule has 3 aromatic rings. The smallest absolute Gasteiger partial charge is 0.493 e. The number of alkyl halides is 3. The van der Waals surface area contributed by atoms with Crippen LogP contribution in [0.5, 0.6) is 5.75 Å². The lowest BCUT2D eigenvalue weighted by molar-refractivity contribution is -0.0510. The van der Waals surface area contributed by atoms with E-state index in [-0.39, 0.29) is 0 Å². The van der Waals surface area contributed by atoms with Crippen LogP contribution in [-0.4, -0.2) is 25.1 Å². The molecule has 0 unspecified atom stereocenters. The fourth-order valence-corrected chi connectivity index (χ4v) is 2.33. The van der Waals surface area contributed by atoms with Crippen LogP contribution in [-0.2, 0) is 10.1 Å². The highest BCUT2D eigenvalue weighted by Crippen LogP contribution is 2.25. The lowest BCUT2D eigenvalue weighted by Crippen LogP contribution is -2.21. The zero-order valence-corrected chi connectivity index (χ0v) is 16.7. The molecule has 0 aliphatic heterocycles. The average molecular weight is 435 g/mol. The van der Waals surface area contributed by atoms with Gasteiger partial charge in [0.15, 0.2) is 0 Å². The van der Waals surface area contributed by atoms with Crippen LogP contribution in [0.3, 0.4) is 0 Å². The Kier molecular flexibility index (Phi) is 9.98. The average Bonchev–Trinajstić information content (AvgIpc) is 3.21. The van der Waals surface area contributed by atoms with Crippen molar-refractivity contribution in [1.29, 1.82) is 0 Å². The summed E-state index contributed by atoms with van der Waals surface area (Å²) in [5.74, 6) is 1.00. The van der Waals surface area contributed by atoms with Crippen molar-refractivity contribution in [2.45, 2.75) is 25.3 Å². The number of benzene rings is 2. The standard InChI is InChI=1S/C14H16O.C4H4S.CHF3O3S/c1-2-3-11-15-14-10-6-8-12-7-4-5-9-13(12)14;1-2-4-5-3-1;2-1(3,4)8(5,6)7/h4-10H,2-3,11H2,1H3;1-4H;(H,5,6,7). The number of hydrogen-bond donors (Lipinski definition) is 1. The van der Waals surface area contributed by atoms with Crippen molar-refractivity contribution in [3.8, 4) is 5.75 Å². The molecule has 1 aromatic heterocycles. The first-order valence-electron chi connectivity index (χ1n) is 8.28. The summed E-state index contributed by atoms with van der Waals surface area (Å²) in [4.78, 5) is 0. The van der Waals surface area contributed by atoms with Crippen molar-refractivity contribution in [2.24, 2.45) is 0 Å². The van der Waals surface area contributed by atoms with E-state index in [9.17, 15) is 13.2 Å². The molecule has 0 fully saturated rings. The van der Waals surface area contributed by atoms with E-state index in [1.807, 2.05) is 35.0 Å². The third-order valence-electron chi connectivity index (χ3n) is 3.22. The molecule has 0 aliphatic rings. The SMILES string of the molecule is CCCCOc1cccc2ccccc12.O=S(=O)(O)C(F)(F)F.c1ccsc1. The highest BCUT2D eigenvalue weighted by Gasteiger charge is 2.44. The van der Waals surface area contributed by atoms with Gasteiger partial charge in [-0.2, -0.15) is 32.9 Å². The molecule has 28 heavy (non-hydrogen) atoms. The molecule has 0 atom stereocenters. The van der Waals surface area contributed by atoms with Gasteiger partial charge in [0.25, 0.3) is 0 Å². The molecule has 0 saturated carbocycles. The van der Waals surface area contributed by atoms with E-state index < -0.39 is 15.6 Å². The van der Waals surface area contributed by atoms with Crippen molar-refractivity contribution in [3.05, 3.63) is 65.4 Å². The Morgan fingerprint density at radius 2 is 1.57 bits per heavy atom. The summed E-state index contributed by atoms with van der Waals surface area (Å²) < 4.78 is 63.3. The van der Waals surface area contributed by atoms with Crippen molar-refractivity contribution < 1.29 is 30.9 Å². The monoisotopic (exact) mass is 434 g/mol. The minimum absolute atomic E-state index is 0.810. The van der Waals surface area contributed by atoms with Gasteiger partial charge in [0.05, 0.1) is 6.61 Å². The van der Waals surface area contributed by atoms with Crippen LogP contribution in [0.2, 0.25) is 0 Å². The first kappa shape index (κ1) is 23.9. The van der Waals surface area contributed by atoms with Gasteiger partial charge in [-0.15, -0.1) is 0 Å². The molecule has 0 bridgehead atoms. The highest BCUT2D eigenvalue weighted by atomic mass is 32.2. The van der Waals surface area contributed by atoms with Crippen molar-refractivity contribution in [2.75, 3.05) is 6.61 Å². The second kappa shape index (κ2) is 11.7. The third-order valence-corrected chi connectivity index (χ3v) is 4.44. The number of hydrogen-bond acceptors (Lipinski definition) is 4. The second-order valence-corrected chi connectivity index (χ2v) is 7.62. The molecule has 154 valence electrons.